The molecule has 1 N–H and O–H groups in total. The summed E-state index contributed by atoms with van der Waals surface area (Å²) in [6.45, 7) is 9.17. The summed E-state index contributed by atoms with van der Waals surface area (Å²) in [4.78, 5) is 27.9. The third kappa shape index (κ3) is 6.72. The molecule has 3 amide bonds. The molecule has 2 rings (SSSR count). The van der Waals surface area contributed by atoms with Crippen molar-refractivity contribution in [1.29, 1.82) is 0 Å². The summed E-state index contributed by atoms with van der Waals surface area (Å²) in [6.07, 6.45) is 3.32. The Bertz CT molecular complexity index is 450. The van der Waals surface area contributed by atoms with Crippen molar-refractivity contribution in [3.8, 4) is 0 Å². The number of carbonyl (C=O) groups is 2. The SMILES string of the molecule is CN(CC1CCN(C(=O)OC(C)(C)C)CC1)C(=O)NC1CCOCC1. The fourth-order valence-corrected chi connectivity index (χ4v) is 3.22. The molecular weight excluding hydrogens is 322 g/mol. The lowest BCUT2D eigenvalue weighted by Gasteiger charge is -2.35. The first-order valence-electron chi connectivity index (χ1n) is 9.32. The quantitative estimate of drug-likeness (QED) is 0.844. The first kappa shape index (κ1) is 19.8. The summed E-state index contributed by atoms with van der Waals surface area (Å²) in [5.74, 6) is 0.420. The summed E-state index contributed by atoms with van der Waals surface area (Å²) >= 11 is 0. The number of amides is 3. The van der Waals surface area contributed by atoms with Crippen molar-refractivity contribution in [1.82, 2.24) is 15.1 Å². The molecule has 0 atom stereocenters. The molecule has 2 heterocycles. The average molecular weight is 355 g/mol. The summed E-state index contributed by atoms with van der Waals surface area (Å²) in [5.41, 5.74) is -0.462. The van der Waals surface area contributed by atoms with E-state index in [1.807, 2.05) is 27.8 Å². The van der Waals surface area contributed by atoms with Crippen molar-refractivity contribution in [3.05, 3.63) is 0 Å². The van der Waals surface area contributed by atoms with Crippen LogP contribution in [-0.4, -0.2) is 73.5 Å². The lowest BCUT2D eigenvalue weighted by molar-refractivity contribution is 0.0175. The van der Waals surface area contributed by atoms with Gasteiger partial charge in [0.15, 0.2) is 0 Å². The van der Waals surface area contributed by atoms with Crippen LogP contribution in [0.1, 0.15) is 46.5 Å². The Labute approximate surface area is 151 Å². The molecule has 0 aromatic heterocycles. The highest BCUT2D eigenvalue weighted by Gasteiger charge is 2.28. The Balaban J connectivity index is 1.70. The van der Waals surface area contributed by atoms with Gasteiger partial charge in [0.05, 0.1) is 0 Å². The van der Waals surface area contributed by atoms with Gasteiger partial charge in [0.1, 0.15) is 5.60 Å². The monoisotopic (exact) mass is 355 g/mol. The van der Waals surface area contributed by atoms with Crippen LogP contribution in [0, 0.1) is 5.92 Å². The van der Waals surface area contributed by atoms with Gasteiger partial charge in [0.2, 0.25) is 0 Å². The molecule has 0 spiro atoms. The minimum Gasteiger partial charge on any atom is -0.444 e. The van der Waals surface area contributed by atoms with Crippen LogP contribution in [0.15, 0.2) is 0 Å². The molecule has 0 aliphatic carbocycles. The number of hydrogen-bond acceptors (Lipinski definition) is 4. The maximum absolute atomic E-state index is 12.3. The molecule has 7 nitrogen and oxygen atoms in total. The molecule has 0 bridgehead atoms. The second kappa shape index (κ2) is 8.74. The number of hydrogen-bond donors (Lipinski definition) is 1. The predicted molar refractivity (Wildman–Crippen MR) is 95.5 cm³/mol. The number of carbonyl (C=O) groups excluding carboxylic acids is 2. The fraction of sp³-hybridized carbons (Fsp3) is 0.889. The number of ether oxygens (including phenoxy) is 2. The Morgan fingerprint density at radius 3 is 2.32 bits per heavy atom. The summed E-state index contributed by atoms with van der Waals surface area (Å²) < 4.78 is 10.7. The zero-order valence-corrected chi connectivity index (χ0v) is 16.0. The van der Waals surface area contributed by atoms with E-state index in [0.717, 1.165) is 45.4 Å². The molecule has 144 valence electrons. The molecular formula is C18H33N3O4. The first-order valence-corrected chi connectivity index (χ1v) is 9.32. The molecule has 0 radical (unpaired) electrons. The standard InChI is InChI=1S/C18H33N3O4/c1-18(2,3)25-17(23)21-9-5-14(6-10-21)13-20(4)16(22)19-15-7-11-24-12-8-15/h14-15H,5-13H2,1-4H3,(H,19,22). The van der Waals surface area contributed by atoms with Gasteiger partial charge >= 0.3 is 12.1 Å². The van der Waals surface area contributed by atoms with Crippen LogP contribution in [0.5, 0.6) is 0 Å². The van der Waals surface area contributed by atoms with E-state index in [1.165, 1.54) is 0 Å². The Morgan fingerprint density at radius 1 is 1.16 bits per heavy atom. The van der Waals surface area contributed by atoms with Crippen LogP contribution in [0.4, 0.5) is 9.59 Å². The molecule has 0 saturated carbocycles. The normalized spacial score (nSPS) is 20.2. The number of rotatable bonds is 3. The first-order chi connectivity index (χ1) is 11.7. The highest BCUT2D eigenvalue weighted by molar-refractivity contribution is 5.74. The third-order valence-corrected chi connectivity index (χ3v) is 4.69. The van der Waals surface area contributed by atoms with E-state index in [4.69, 9.17) is 9.47 Å². The molecule has 7 heteroatoms. The van der Waals surface area contributed by atoms with Crippen molar-refractivity contribution >= 4 is 12.1 Å². The number of nitrogens with one attached hydrogen (secondary N) is 1. The lowest BCUT2D eigenvalue weighted by atomic mass is 9.96. The fourth-order valence-electron chi connectivity index (χ4n) is 3.22. The van der Waals surface area contributed by atoms with Crippen molar-refractivity contribution in [3.63, 3.8) is 0 Å². The molecule has 25 heavy (non-hydrogen) atoms. The van der Waals surface area contributed by atoms with E-state index in [2.05, 4.69) is 5.32 Å². The Kier molecular flexibility index (Phi) is 6.93. The number of nitrogens with zero attached hydrogens (tertiary/aromatic N) is 2. The highest BCUT2D eigenvalue weighted by Crippen LogP contribution is 2.20. The van der Waals surface area contributed by atoms with E-state index in [1.54, 1.807) is 9.80 Å². The van der Waals surface area contributed by atoms with Crippen LogP contribution < -0.4 is 5.32 Å². The number of likely N-dealkylation sites (tertiary alicyclic amines) is 1. The zero-order chi connectivity index (χ0) is 18.4. The minimum absolute atomic E-state index is 0.0125. The van der Waals surface area contributed by atoms with Crippen LogP contribution in [-0.2, 0) is 9.47 Å². The average Bonchev–Trinajstić information content (AvgIpc) is 2.54. The van der Waals surface area contributed by atoms with Crippen LogP contribution in [0.3, 0.4) is 0 Å². The van der Waals surface area contributed by atoms with Crippen LogP contribution >= 0.6 is 0 Å². The second-order valence-electron chi connectivity index (χ2n) is 8.13. The van der Waals surface area contributed by atoms with Gasteiger partial charge < -0.3 is 24.6 Å². The van der Waals surface area contributed by atoms with Gasteiger partial charge in [-0.15, -0.1) is 0 Å². The van der Waals surface area contributed by atoms with E-state index in [9.17, 15) is 9.59 Å². The van der Waals surface area contributed by atoms with E-state index in [-0.39, 0.29) is 18.2 Å². The smallest absolute Gasteiger partial charge is 0.410 e. The molecule has 2 aliphatic rings. The van der Waals surface area contributed by atoms with Crippen molar-refractivity contribution in [2.75, 3.05) is 39.9 Å². The number of piperidine rings is 1. The highest BCUT2D eigenvalue weighted by atomic mass is 16.6. The third-order valence-electron chi connectivity index (χ3n) is 4.69. The van der Waals surface area contributed by atoms with Gasteiger partial charge in [-0.1, -0.05) is 0 Å². The summed E-state index contributed by atoms with van der Waals surface area (Å²) in [7, 11) is 1.84. The van der Waals surface area contributed by atoms with Gasteiger partial charge in [-0.05, 0) is 52.4 Å². The van der Waals surface area contributed by atoms with E-state index < -0.39 is 5.60 Å². The molecule has 0 unspecified atom stereocenters. The van der Waals surface area contributed by atoms with Crippen molar-refractivity contribution in [2.24, 2.45) is 5.92 Å². The van der Waals surface area contributed by atoms with Gasteiger partial charge in [0, 0.05) is 45.9 Å². The maximum atomic E-state index is 12.3. The van der Waals surface area contributed by atoms with E-state index >= 15 is 0 Å². The van der Waals surface area contributed by atoms with E-state index in [0.29, 0.717) is 19.0 Å². The topological polar surface area (TPSA) is 71.1 Å². The van der Waals surface area contributed by atoms with Gasteiger partial charge in [-0.2, -0.15) is 0 Å². The molecule has 2 saturated heterocycles. The van der Waals surface area contributed by atoms with Gasteiger partial charge in [0.25, 0.3) is 0 Å². The second-order valence-corrected chi connectivity index (χ2v) is 8.13. The van der Waals surface area contributed by atoms with Crippen molar-refractivity contribution < 1.29 is 19.1 Å². The zero-order valence-electron chi connectivity index (χ0n) is 16.0. The Hall–Kier alpha value is -1.50. The van der Waals surface area contributed by atoms with Gasteiger partial charge in [-0.25, -0.2) is 9.59 Å². The Morgan fingerprint density at radius 2 is 1.76 bits per heavy atom. The summed E-state index contributed by atoms with van der Waals surface area (Å²) in [6, 6.07) is 0.208. The molecule has 0 aromatic rings. The lowest BCUT2D eigenvalue weighted by Crippen LogP contribution is -2.48. The maximum Gasteiger partial charge on any atom is 0.410 e. The number of urea groups is 1. The predicted octanol–water partition coefficient (Wildman–Crippen LogP) is 2.45. The van der Waals surface area contributed by atoms with Crippen LogP contribution in [0.2, 0.25) is 0 Å². The van der Waals surface area contributed by atoms with Gasteiger partial charge in [-0.3, -0.25) is 0 Å². The largest absolute Gasteiger partial charge is 0.444 e. The molecule has 0 aromatic carbocycles. The summed E-state index contributed by atoms with van der Waals surface area (Å²) in [5, 5.41) is 3.08. The molecule has 2 aliphatic heterocycles. The minimum atomic E-state index is -0.462. The van der Waals surface area contributed by atoms with Crippen molar-refractivity contribution in [2.45, 2.75) is 58.1 Å². The molecule has 2 fully saturated rings. The van der Waals surface area contributed by atoms with Crippen LogP contribution in [0.25, 0.3) is 0 Å².